The molecule has 3 unspecified atom stereocenters. The standard InChI is InChI=1S/C17H35N5O4S/c1-27-11-8-14(17(25)26)22-16(24)13(7-3-5-10-19)21-15(23)12(20)6-2-4-9-18/h12-14H,2-11,18-20H2,1H3,(H,21,23)(H,22,24)(H,25,26). The topological polar surface area (TPSA) is 174 Å². The molecule has 9 N–H and O–H groups in total. The Kier molecular flexibility index (Phi) is 14.9. The van der Waals surface area contributed by atoms with E-state index in [2.05, 4.69) is 10.6 Å². The number of unbranched alkanes of at least 4 members (excludes halogenated alkanes) is 2. The number of carbonyl (C=O) groups is 3. The summed E-state index contributed by atoms with van der Waals surface area (Å²) in [5.74, 6) is -1.42. The van der Waals surface area contributed by atoms with Crippen molar-refractivity contribution in [2.24, 2.45) is 17.2 Å². The second-order valence-corrected chi connectivity index (χ2v) is 7.40. The summed E-state index contributed by atoms with van der Waals surface area (Å²) in [6.07, 6.45) is 5.87. The van der Waals surface area contributed by atoms with Gasteiger partial charge < -0.3 is 32.9 Å². The van der Waals surface area contributed by atoms with Crippen LogP contribution in [0.4, 0.5) is 0 Å². The highest BCUT2D eigenvalue weighted by Crippen LogP contribution is 2.06. The Labute approximate surface area is 165 Å². The van der Waals surface area contributed by atoms with Crippen LogP contribution in [0.3, 0.4) is 0 Å². The number of carbonyl (C=O) groups excluding carboxylic acids is 2. The summed E-state index contributed by atoms with van der Waals surface area (Å²) in [5.41, 5.74) is 16.8. The van der Waals surface area contributed by atoms with Crippen LogP contribution < -0.4 is 27.8 Å². The van der Waals surface area contributed by atoms with Gasteiger partial charge in [0.2, 0.25) is 11.8 Å². The van der Waals surface area contributed by atoms with Crippen molar-refractivity contribution < 1.29 is 19.5 Å². The molecule has 0 spiro atoms. The molecule has 0 bridgehead atoms. The van der Waals surface area contributed by atoms with Gasteiger partial charge in [0.25, 0.3) is 0 Å². The van der Waals surface area contributed by atoms with Gasteiger partial charge in [0.15, 0.2) is 0 Å². The van der Waals surface area contributed by atoms with Gasteiger partial charge in [-0.25, -0.2) is 4.79 Å². The van der Waals surface area contributed by atoms with Gasteiger partial charge in [-0.3, -0.25) is 9.59 Å². The molecule has 0 radical (unpaired) electrons. The van der Waals surface area contributed by atoms with Crippen LogP contribution in [0.5, 0.6) is 0 Å². The monoisotopic (exact) mass is 405 g/mol. The molecule has 0 fully saturated rings. The summed E-state index contributed by atoms with van der Waals surface area (Å²) in [4.78, 5) is 36.2. The summed E-state index contributed by atoms with van der Waals surface area (Å²) < 4.78 is 0. The quantitative estimate of drug-likeness (QED) is 0.184. The normalized spacial score (nSPS) is 14.2. The first kappa shape index (κ1) is 25.6. The molecular formula is C17H35N5O4S. The van der Waals surface area contributed by atoms with Gasteiger partial charge in [-0.2, -0.15) is 11.8 Å². The Hall–Kier alpha value is -1.36. The van der Waals surface area contributed by atoms with Crippen LogP contribution in [-0.4, -0.2) is 66.1 Å². The Morgan fingerprint density at radius 3 is 1.96 bits per heavy atom. The van der Waals surface area contributed by atoms with Crippen molar-refractivity contribution in [3.63, 3.8) is 0 Å². The third-order valence-electron chi connectivity index (χ3n) is 4.11. The number of hydrogen-bond donors (Lipinski definition) is 6. The minimum atomic E-state index is -1.09. The molecule has 9 nitrogen and oxygen atoms in total. The van der Waals surface area contributed by atoms with E-state index in [-0.39, 0.29) is 0 Å². The third-order valence-corrected chi connectivity index (χ3v) is 4.76. The van der Waals surface area contributed by atoms with E-state index in [1.165, 1.54) is 11.8 Å². The zero-order chi connectivity index (χ0) is 20.7. The molecule has 0 aliphatic carbocycles. The van der Waals surface area contributed by atoms with Gasteiger partial charge in [-0.1, -0.05) is 6.42 Å². The summed E-state index contributed by atoms with van der Waals surface area (Å²) >= 11 is 1.50. The van der Waals surface area contributed by atoms with E-state index in [4.69, 9.17) is 17.2 Å². The molecule has 0 aromatic carbocycles. The SMILES string of the molecule is CSCCC(NC(=O)C(CCCCN)NC(=O)C(N)CCCCN)C(=O)O. The Bertz CT molecular complexity index is 453. The van der Waals surface area contributed by atoms with Crippen LogP contribution in [0.15, 0.2) is 0 Å². The van der Waals surface area contributed by atoms with Crippen LogP contribution in [0.25, 0.3) is 0 Å². The number of nitrogens with one attached hydrogen (secondary N) is 2. The highest BCUT2D eigenvalue weighted by molar-refractivity contribution is 7.98. The largest absolute Gasteiger partial charge is 0.480 e. The lowest BCUT2D eigenvalue weighted by Crippen LogP contribution is -2.54. The summed E-state index contributed by atoms with van der Waals surface area (Å²) in [7, 11) is 0. The lowest BCUT2D eigenvalue weighted by Gasteiger charge is -2.23. The van der Waals surface area contributed by atoms with Gasteiger partial charge >= 0.3 is 5.97 Å². The first-order valence-corrected chi connectivity index (χ1v) is 10.7. The molecule has 0 aromatic heterocycles. The minimum absolute atomic E-state index is 0.310. The molecular weight excluding hydrogens is 370 g/mol. The van der Waals surface area contributed by atoms with Crippen molar-refractivity contribution in [2.75, 3.05) is 25.1 Å². The van der Waals surface area contributed by atoms with Crippen molar-refractivity contribution in [3.05, 3.63) is 0 Å². The number of nitrogens with two attached hydrogens (primary N) is 3. The maximum Gasteiger partial charge on any atom is 0.326 e. The molecule has 0 saturated heterocycles. The molecule has 0 aliphatic rings. The maximum atomic E-state index is 12.5. The highest BCUT2D eigenvalue weighted by Gasteiger charge is 2.27. The molecule has 0 aliphatic heterocycles. The molecule has 27 heavy (non-hydrogen) atoms. The predicted molar refractivity (Wildman–Crippen MR) is 108 cm³/mol. The first-order chi connectivity index (χ1) is 12.9. The van der Waals surface area contributed by atoms with E-state index in [0.717, 1.165) is 12.8 Å². The fourth-order valence-electron chi connectivity index (χ4n) is 2.45. The van der Waals surface area contributed by atoms with Crippen LogP contribution in [0, 0.1) is 0 Å². The summed E-state index contributed by atoms with van der Waals surface area (Å²) in [5, 5.41) is 14.5. The second kappa shape index (κ2) is 15.7. The number of hydrogen-bond acceptors (Lipinski definition) is 7. The Morgan fingerprint density at radius 2 is 1.44 bits per heavy atom. The van der Waals surface area contributed by atoms with E-state index < -0.39 is 35.9 Å². The average molecular weight is 406 g/mol. The van der Waals surface area contributed by atoms with Crippen molar-refractivity contribution in [1.82, 2.24) is 10.6 Å². The lowest BCUT2D eigenvalue weighted by atomic mass is 10.1. The molecule has 158 valence electrons. The molecule has 0 rings (SSSR count). The molecule has 0 heterocycles. The van der Waals surface area contributed by atoms with E-state index in [1.54, 1.807) is 0 Å². The second-order valence-electron chi connectivity index (χ2n) is 6.42. The molecule has 0 saturated carbocycles. The van der Waals surface area contributed by atoms with Gasteiger partial charge in [0, 0.05) is 0 Å². The summed E-state index contributed by atoms with van der Waals surface area (Å²) in [6.45, 7) is 1.01. The number of amides is 2. The fourth-order valence-corrected chi connectivity index (χ4v) is 2.92. The van der Waals surface area contributed by atoms with Crippen molar-refractivity contribution in [3.8, 4) is 0 Å². The van der Waals surface area contributed by atoms with Crippen molar-refractivity contribution in [2.45, 2.75) is 63.1 Å². The van der Waals surface area contributed by atoms with Crippen molar-refractivity contribution in [1.29, 1.82) is 0 Å². The number of rotatable bonds is 16. The van der Waals surface area contributed by atoms with Crippen LogP contribution in [0.1, 0.15) is 44.9 Å². The average Bonchev–Trinajstić information content (AvgIpc) is 2.63. The molecule has 3 atom stereocenters. The Morgan fingerprint density at radius 1 is 0.889 bits per heavy atom. The number of carboxylic acid groups (broad SMARTS) is 1. The van der Waals surface area contributed by atoms with Gasteiger partial charge in [-0.15, -0.1) is 0 Å². The highest BCUT2D eigenvalue weighted by atomic mass is 32.2. The van der Waals surface area contributed by atoms with Crippen LogP contribution in [0.2, 0.25) is 0 Å². The van der Waals surface area contributed by atoms with E-state index in [9.17, 15) is 19.5 Å². The number of thioether (sulfide) groups is 1. The van der Waals surface area contributed by atoms with Gasteiger partial charge in [0.05, 0.1) is 6.04 Å². The smallest absolute Gasteiger partial charge is 0.326 e. The minimum Gasteiger partial charge on any atom is -0.480 e. The molecule has 2 amide bonds. The van der Waals surface area contributed by atoms with Gasteiger partial charge in [-0.05, 0) is 63.6 Å². The zero-order valence-electron chi connectivity index (χ0n) is 16.1. The first-order valence-electron chi connectivity index (χ1n) is 9.35. The van der Waals surface area contributed by atoms with Gasteiger partial charge in [0.1, 0.15) is 12.1 Å². The Balaban J connectivity index is 4.86. The number of aliphatic carboxylic acids is 1. The van der Waals surface area contributed by atoms with Crippen molar-refractivity contribution >= 4 is 29.5 Å². The third kappa shape index (κ3) is 11.9. The van der Waals surface area contributed by atoms with Crippen LogP contribution >= 0.6 is 11.8 Å². The number of carboxylic acids is 1. The lowest BCUT2D eigenvalue weighted by molar-refractivity contribution is -0.142. The van der Waals surface area contributed by atoms with E-state index >= 15 is 0 Å². The maximum absolute atomic E-state index is 12.5. The fraction of sp³-hybridized carbons (Fsp3) is 0.824. The zero-order valence-corrected chi connectivity index (χ0v) is 16.9. The predicted octanol–water partition coefficient (Wildman–Crippen LogP) is -0.621. The van der Waals surface area contributed by atoms with E-state index in [0.29, 0.717) is 50.9 Å². The van der Waals surface area contributed by atoms with Crippen LogP contribution in [-0.2, 0) is 14.4 Å². The molecule has 0 aromatic rings. The van der Waals surface area contributed by atoms with E-state index in [1.807, 2.05) is 6.26 Å². The summed E-state index contributed by atoms with van der Waals surface area (Å²) in [6, 6.07) is -2.55. The molecule has 10 heteroatoms.